The molecule has 1 aliphatic heterocycles. The van der Waals surface area contributed by atoms with Gasteiger partial charge in [-0.25, -0.2) is 4.98 Å². The Kier molecular flexibility index (Phi) is 4.81. The number of cyclic esters (lactones) is 1. The summed E-state index contributed by atoms with van der Waals surface area (Å²) in [7, 11) is 0. The number of ether oxygens (including phenoxy) is 1. The van der Waals surface area contributed by atoms with Crippen LogP contribution in [-0.2, 0) is 20.7 Å². The first-order valence-corrected chi connectivity index (χ1v) is 8.38. The van der Waals surface area contributed by atoms with Crippen LogP contribution in [0.5, 0.6) is 0 Å². The zero-order valence-corrected chi connectivity index (χ0v) is 14.0. The molecule has 0 saturated carbocycles. The number of ketones is 1. The minimum atomic E-state index is -0.662. The molecule has 1 aliphatic rings. The van der Waals surface area contributed by atoms with E-state index in [9.17, 15) is 9.59 Å². The van der Waals surface area contributed by atoms with Crippen LogP contribution >= 0.6 is 11.3 Å². The number of thiazole rings is 1. The number of rotatable bonds is 5. The second-order valence-electron chi connectivity index (χ2n) is 6.40. The van der Waals surface area contributed by atoms with Crippen molar-refractivity contribution in [2.24, 2.45) is 5.92 Å². The predicted molar refractivity (Wildman–Crippen MR) is 82.4 cm³/mol. The van der Waals surface area contributed by atoms with Crippen LogP contribution in [0, 0.1) is 5.92 Å². The third-order valence-corrected chi connectivity index (χ3v) is 5.36. The van der Waals surface area contributed by atoms with Crippen molar-refractivity contribution in [2.75, 3.05) is 0 Å². The molecule has 5 heteroatoms. The van der Waals surface area contributed by atoms with E-state index in [0.717, 1.165) is 12.1 Å². The zero-order chi connectivity index (χ0) is 15.6. The first-order valence-electron chi connectivity index (χ1n) is 7.50. The van der Waals surface area contributed by atoms with Crippen LogP contribution in [0.25, 0.3) is 0 Å². The Morgan fingerprint density at radius 3 is 2.62 bits per heavy atom. The molecule has 0 radical (unpaired) electrons. The molecule has 0 aromatic carbocycles. The van der Waals surface area contributed by atoms with Gasteiger partial charge in [-0.2, -0.15) is 0 Å². The lowest BCUT2D eigenvalue weighted by molar-refractivity contribution is -0.177. The molecule has 0 bridgehead atoms. The summed E-state index contributed by atoms with van der Waals surface area (Å²) in [5.74, 6) is 0.162. The topological polar surface area (TPSA) is 56.3 Å². The summed E-state index contributed by atoms with van der Waals surface area (Å²) in [5, 5.41) is 0. The van der Waals surface area contributed by atoms with Crippen molar-refractivity contribution < 1.29 is 14.3 Å². The summed E-state index contributed by atoms with van der Waals surface area (Å²) in [6.45, 7) is 8.32. The summed E-state index contributed by atoms with van der Waals surface area (Å²) in [6.07, 6.45) is 1.65. The standard InChI is InChI=1S/C16H23NO3S/c1-10(2)15-13(17-9-21-15)5-6-16(11(3)4)8-12(18)7-14(19)20-16/h9-11H,5-8H2,1-4H3. The molecule has 1 atom stereocenters. The fourth-order valence-corrected chi connectivity index (χ4v) is 3.73. The zero-order valence-electron chi connectivity index (χ0n) is 13.1. The highest BCUT2D eigenvalue weighted by Crippen LogP contribution is 2.36. The van der Waals surface area contributed by atoms with Gasteiger partial charge in [0, 0.05) is 11.3 Å². The van der Waals surface area contributed by atoms with Gasteiger partial charge in [0.05, 0.1) is 11.2 Å². The van der Waals surface area contributed by atoms with Crippen molar-refractivity contribution in [1.29, 1.82) is 0 Å². The van der Waals surface area contributed by atoms with Gasteiger partial charge in [-0.3, -0.25) is 9.59 Å². The van der Waals surface area contributed by atoms with E-state index in [0.29, 0.717) is 18.8 Å². The summed E-state index contributed by atoms with van der Waals surface area (Å²) >= 11 is 1.67. The highest BCUT2D eigenvalue weighted by Gasteiger charge is 2.43. The molecule has 2 heterocycles. The van der Waals surface area contributed by atoms with E-state index in [1.165, 1.54) is 4.88 Å². The van der Waals surface area contributed by atoms with Gasteiger partial charge in [-0.15, -0.1) is 11.3 Å². The summed E-state index contributed by atoms with van der Waals surface area (Å²) in [4.78, 5) is 29.2. The highest BCUT2D eigenvalue weighted by atomic mass is 32.1. The average molecular weight is 309 g/mol. The number of nitrogens with zero attached hydrogens (tertiary/aromatic N) is 1. The van der Waals surface area contributed by atoms with Gasteiger partial charge in [0.25, 0.3) is 0 Å². The SMILES string of the molecule is CC(C)c1scnc1CCC1(C(C)C)CC(=O)CC(=O)O1. The molecule has 0 spiro atoms. The summed E-state index contributed by atoms with van der Waals surface area (Å²) in [5.41, 5.74) is 2.28. The van der Waals surface area contributed by atoms with Crippen LogP contribution in [0.4, 0.5) is 0 Å². The first-order chi connectivity index (χ1) is 9.84. The first kappa shape index (κ1) is 16.1. The molecule has 1 fully saturated rings. The van der Waals surface area contributed by atoms with Gasteiger partial charge < -0.3 is 4.74 Å². The lowest BCUT2D eigenvalue weighted by Crippen LogP contribution is -2.47. The van der Waals surface area contributed by atoms with Gasteiger partial charge in [-0.1, -0.05) is 27.7 Å². The van der Waals surface area contributed by atoms with E-state index in [-0.39, 0.29) is 24.1 Å². The van der Waals surface area contributed by atoms with E-state index in [2.05, 4.69) is 18.8 Å². The van der Waals surface area contributed by atoms with E-state index in [1.807, 2.05) is 19.4 Å². The average Bonchev–Trinajstić information content (AvgIpc) is 2.83. The lowest BCUT2D eigenvalue weighted by atomic mass is 9.79. The molecule has 1 aromatic rings. The molecular formula is C16H23NO3S. The minimum Gasteiger partial charge on any atom is -0.458 e. The molecule has 1 saturated heterocycles. The van der Waals surface area contributed by atoms with E-state index in [4.69, 9.17) is 4.74 Å². The maximum absolute atomic E-state index is 11.8. The lowest BCUT2D eigenvalue weighted by Gasteiger charge is -2.39. The van der Waals surface area contributed by atoms with Crippen LogP contribution in [0.3, 0.4) is 0 Å². The van der Waals surface area contributed by atoms with E-state index >= 15 is 0 Å². The fourth-order valence-electron chi connectivity index (χ4n) is 2.87. The molecule has 0 N–H and O–H groups in total. The molecule has 0 aliphatic carbocycles. The third kappa shape index (κ3) is 3.51. The molecule has 1 aromatic heterocycles. The summed E-state index contributed by atoms with van der Waals surface area (Å²) < 4.78 is 5.62. The maximum Gasteiger partial charge on any atom is 0.313 e. The number of aryl methyl sites for hydroxylation is 1. The molecule has 1 unspecified atom stereocenters. The van der Waals surface area contributed by atoms with Gasteiger partial charge >= 0.3 is 5.97 Å². The van der Waals surface area contributed by atoms with Gasteiger partial charge in [0.15, 0.2) is 0 Å². The minimum absolute atomic E-state index is 0.0117. The van der Waals surface area contributed by atoms with E-state index < -0.39 is 5.60 Å². The number of carbonyl (C=O) groups excluding carboxylic acids is 2. The fraction of sp³-hybridized carbons (Fsp3) is 0.688. The van der Waals surface area contributed by atoms with Crippen LogP contribution in [0.1, 0.15) is 63.4 Å². The van der Waals surface area contributed by atoms with Crippen molar-refractivity contribution in [3.63, 3.8) is 0 Å². The quantitative estimate of drug-likeness (QED) is 0.617. The maximum atomic E-state index is 11.8. The molecule has 0 amide bonds. The Labute approximate surface area is 129 Å². The Bertz CT molecular complexity index is 517. The number of aromatic nitrogens is 1. The van der Waals surface area contributed by atoms with Crippen LogP contribution < -0.4 is 0 Å². The molecule has 21 heavy (non-hydrogen) atoms. The van der Waals surface area contributed by atoms with Crippen molar-refractivity contribution in [3.8, 4) is 0 Å². The Balaban J connectivity index is 2.15. The normalized spacial score (nSPS) is 23.0. The second kappa shape index (κ2) is 6.26. The molecular weight excluding hydrogens is 286 g/mol. The van der Waals surface area contributed by atoms with Crippen LogP contribution in [0.2, 0.25) is 0 Å². The summed E-state index contributed by atoms with van der Waals surface area (Å²) in [6, 6.07) is 0. The second-order valence-corrected chi connectivity index (χ2v) is 7.29. The number of carbonyl (C=O) groups is 2. The Morgan fingerprint density at radius 2 is 2.05 bits per heavy atom. The Morgan fingerprint density at radius 1 is 1.33 bits per heavy atom. The smallest absolute Gasteiger partial charge is 0.313 e. The Hall–Kier alpha value is -1.23. The molecule has 116 valence electrons. The third-order valence-electron chi connectivity index (χ3n) is 4.19. The van der Waals surface area contributed by atoms with Crippen molar-refractivity contribution in [3.05, 3.63) is 16.1 Å². The largest absolute Gasteiger partial charge is 0.458 e. The highest BCUT2D eigenvalue weighted by molar-refractivity contribution is 7.09. The number of esters is 1. The van der Waals surface area contributed by atoms with Crippen molar-refractivity contribution >= 4 is 23.1 Å². The van der Waals surface area contributed by atoms with Gasteiger partial charge in [0.2, 0.25) is 0 Å². The number of Topliss-reactive ketones (excluding diaryl/α,β-unsaturated/α-hetero) is 1. The number of hydrogen-bond acceptors (Lipinski definition) is 5. The van der Waals surface area contributed by atoms with Gasteiger partial charge in [0.1, 0.15) is 17.8 Å². The molecule has 2 rings (SSSR count). The number of hydrogen-bond donors (Lipinski definition) is 0. The van der Waals surface area contributed by atoms with Crippen molar-refractivity contribution in [1.82, 2.24) is 4.98 Å². The van der Waals surface area contributed by atoms with Crippen LogP contribution in [0.15, 0.2) is 5.51 Å². The van der Waals surface area contributed by atoms with Gasteiger partial charge in [-0.05, 0) is 24.7 Å². The predicted octanol–water partition coefficient (Wildman–Crippen LogP) is 3.50. The monoisotopic (exact) mass is 309 g/mol. The van der Waals surface area contributed by atoms with Crippen molar-refractivity contribution in [2.45, 2.75) is 64.9 Å². The van der Waals surface area contributed by atoms with E-state index in [1.54, 1.807) is 11.3 Å². The van der Waals surface area contributed by atoms with Crippen LogP contribution in [-0.4, -0.2) is 22.3 Å². The molecule has 4 nitrogen and oxygen atoms in total.